The van der Waals surface area contributed by atoms with Gasteiger partial charge in [0.25, 0.3) is 5.91 Å². The molecule has 8 nitrogen and oxygen atoms in total. The van der Waals surface area contributed by atoms with Crippen LogP contribution < -0.4 is 14.2 Å². The summed E-state index contributed by atoms with van der Waals surface area (Å²) < 4.78 is 21.8. The van der Waals surface area contributed by atoms with Crippen molar-refractivity contribution < 1.29 is 23.7 Å². The molecule has 30 heavy (non-hydrogen) atoms. The Bertz CT molecular complexity index is 1100. The molecule has 1 saturated heterocycles. The van der Waals surface area contributed by atoms with Gasteiger partial charge in [-0.1, -0.05) is 12.1 Å². The maximum atomic E-state index is 13.4. The highest BCUT2D eigenvalue weighted by Gasteiger charge is 2.25. The van der Waals surface area contributed by atoms with E-state index in [-0.39, 0.29) is 12.7 Å². The standard InChI is InChI=1S/C22H21N3O5/c1-27-18-11-14(12-19-20(18)30-13-29-19)10-15(22(26)25-6-8-28-9-7-25)21-23-16-4-2-3-5-17(16)24-21/h2-5,10-12H,6-9,13H2,1H3,(H,23,24)/b15-10+. The maximum Gasteiger partial charge on any atom is 0.257 e. The zero-order valence-electron chi connectivity index (χ0n) is 16.5. The van der Waals surface area contributed by atoms with Crippen molar-refractivity contribution in [3.05, 3.63) is 47.8 Å². The molecule has 154 valence electrons. The van der Waals surface area contributed by atoms with Crippen LogP contribution in [0.25, 0.3) is 22.7 Å². The Kier molecular flexibility index (Phi) is 4.76. The van der Waals surface area contributed by atoms with Crippen molar-refractivity contribution in [3.8, 4) is 17.2 Å². The molecular weight excluding hydrogens is 386 g/mol. The highest BCUT2D eigenvalue weighted by atomic mass is 16.7. The first-order valence-electron chi connectivity index (χ1n) is 9.74. The summed E-state index contributed by atoms with van der Waals surface area (Å²) in [5.74, 6) is 2.13. The highest BCUT2D eigenvalue weighted by Crippen LogP contribution is 2.42. The van der Waals surface area contributed by atoms with Gasteiger partial charge in [-0.15, -0.1) is 0 Å². The van der Waals surface area contributed by atoms with Gasteiger partial charge in [-0.2, -0.15) is 0 Å². The molecule has 2 aromatic carbocycles. The zero-order valence-corrected chi connectivity index (χ0v) is 16.5. The van der Waals surface area contributed by atoms with Gasteiger partial charge in [0.2, 0.25) is 12.5 Å². The fourth-order valence-corrected chi connectivity index (χ4v) is 3.65. The molecule has 0 bridgehead atoms. The first-order chi connectivity index (χ1) is 14.7. The lowest BCUT2D eigenvalue weighted by Crippen LogP contribution is -2.41. The van der Waals surface area contributed by atoms with Gasteiger partial charge in [0.05, 0.1) is 36.9 Å². The minimum Gasteiger partial charge on any atom is -0.493 e. The number of hydrogen-bond acceptors (Lipinski definition) is 6. The third kappa shape index (κ3) is 3.35. The van der Waals surface area contributed by atoms with Gasteiger partial charge in [-0.3, -0.25) is 4.79 Å². The molecule has 0 spiro atoms. The van der Waals surface area contributed by atoms with Crippen molar-refractivity contribution in [1.82, 2.24) is 14.9 Å². The topological polar surface area (TPSA) is 85.9 Å². The molecule has 3 heterocycles. The molecule has 1 N–H and O–H groups in total. The average Bonchev–Trinajstić information content (AvgIpc) is 3.43. The predicted molar refractivity (Wildman–Crippen MR) is 110 cm³/mol. The SMILES string of the molecule is COc1cc(/C=C(/C(=O)N2CCOCC2)c2nc3ccccc3[nH]2)cc2c1OCO2. The lowest BCUT2D eigenvalue weighted by atomic mass is 10.1. The van der Waals surface area contributed by atoms with E-state index in [0.29, 0.717) is 54.9 Å². The summed E-state index contributed by atoms with van der Waals surface area (Å²) in [4.78, 5) is 23.1. The zero-order chi connectivity index (χ0) is 20.5. The molecule has 8 heteroatoms. The Balaban J connectivity index is 1.61. The number of aromatic amines is 1. The van der Waals surface area contributed by atoms with E-state index in [2.05, 4.69) is 9.97 Å². The van der Waals surface area contributed by atoms with Crippen LogP contribution in [0, 0.1) is 0 Å². The Morgan fingerprint density at radius 1 is 1.20 bits per heavy atom. The third-order valence-corrected chi connectivity index (χ3v) is 5.16. The van der Waals surface area contributed by atoms with Gasteiger partial charge in [0.1, 0.15) is 5.82 Å². The van der Waals surface area contributed by atoms with Gasteiger partial charge in [-0.05, 0) is 35.9 Å². The number of nitrogens with one attached hydrogen (secondary N) is 1. The summed E-state index contributed by atoms with van der Waals surface area (Å²) in [5, 5.41) is 0. The van der Waals surface area contributed by atoms with E-state index >= 15 is 0 Å². The number of fused-ring (bicyclic) bond motifs is 2. The van der Waals surface area contributed by atoms with Crippen LogP contribution in [0.4, 0.5) is 0 Å². The Morgan fingerprint density at radius 3 is 2.83 bits per heavy atom. The van der Waals surface area contributed by atoms with Crippen molar-refractivity contribution >= 4 is 28.6 Å². The normalized spacial score (nSPS) is 16.2. The van der Waals surface area contributed by atoms with Crippen LogP contribution in [0.15, 0.2) is 36.4 Å². The van der Waals surface area contributed by atoms with Crippen LogP contribution in [0.1, 0.15) is 11.4 Å². The highest BCUT2D eigenvalue weighted by molar-refractivity contribution is 6.23. The Labute approximate surface area is 173 Å². The molecule has 1 fully saturated rings. The number of H-pyrrole nitrogens is 1. The molecular formula is C22H21N3O5. The Hall–Kier alpha value is -3.52. The number of methoxy groups -OCH3 is 1. The largest absolute Gasteiger partial charge is 0.493 e. The average molecular weight is 407 g/mol. The summed E-state index contributed by atoms with van der Waals surface area (Å²) in [6.07, 6.45) is 1.81. The number of rotatable bonds is 4. The molecule has 1 amide bonds. The third-order valence-electron chi connectivity index (χ3n) is 5.16. The second-order valence-corrected chi connectivity index (χ2v) is 7.02. The van der Waals surface area contributed by atoms with Crippen LogP contribution in [0.5, 0.6) is 17.2 Å². The van der Waals surface area contributed by atoms with Crippen LogP contribution in [0.2, 0.25) is 0 Å². The van der Waals surface area contributed by atoms with Crippen LogP contribution in [-0.4, -0.2) is 61.0 Å². The Morgan fingerprint density at radius 2 is 2.03 bits per heavy atom. The van der Waals surface area contributed by atoms with E-state index in [9.17, 15) is 4.79 Å². The number of carbonyl (C=O) groups is 1. The number of aromatic nitrogens is 2. The fourth-order valence-electron chi connectivity index (χ4n) is 3.65. The summed E-state index contributed by atoms with van der Waals surface area (Å²) in [6, 6.07) is 11.4. The second kappa shape index (κ2) is 7.72. The lowest BCUT2D eigenvalue weighted by molar-refractivity contribution is -0.128. The number of ether oxygens (including phenoxy) is 4. The molecule has 0 aliphatic carbocycles. The van der Waals surface area contributed by atoms with E-state index in [1.165, 1.54) is 0 Å². The molecule has 3 aromatic rings. The molecule has 5 rings (SSSR count). The molecule has 0 unspecified atom stereocenters. The number of amides is 1. The van der Waals surface area contributed by atoms with Crippen LogP contribution in [0.3, 0.4) is 0 Å². The van der Waals surface area contributed by atoms with Crippen molar-refractivity contribution in [3.63, 3.8) is 0 Å². The van der Waals surface area contributed by atoms with Crippen molar-refractivity contribution in [2.45, 2.75) is 0 Å². The van der Waals surface area contributed by atoms with Gasteiger partial charge < -0.3 is 28.8 Å². The number of para-hydroxylation sites is 2. The van der Waals surface area contributed by atoms with E-state index < -0.39 is 0 Å². The van der Waals surface area contributed by atoms with E-state index in [1.807, 2.05) is 36.4 Å². The van der Waals surface area contributed by atoms with Crippen molar-refractivity contribution in [2.24, 2.45) is 0 Å². The molecule has 2 aliphatic rings. The minimum atomic E-state index is -0.103. The molecule has 0 saturated carbocycles. The van der Waals surface area contributed by atoms with Crippen LogP contribution in [-0.2, 0) is 9.53 Å². The van der Waals surface area contributed by atoms with E-state index in [0.717, 1.165) is 16.6 Å². The number of imidazole rings is 1. The van der Waals surface area contributed by atoms with E-state index in [1.54, 1.807) is 18.1 Å². The first-order valence-corrected chi connectivity index (χ1v) is 9.74. The summed E-state index contributed by atoms with van der Waals surface area (Å²) in [7, 11) is 1.57. The number of carbonyl (C=O) groups excluding carboxylic acids is 1. The number of morpholine rings is 1. The number of nitrogens with zero attached hydrogens (tertiary/aromatic N) is 2. The first kappa shape index (κ1) is 18.5. The minimum absolute atomic E-state index is 0.103. The maximum absolute atomic E-state index is 13.4. The molecule has 2 aliphatic heterocycles. The number of benzene rings is 2. The van der Waals surface area contributed by atoms with Crippen molar-refractivity contribution in [1.29, 1.82) is 0 Å². The van der Waals surface area contributed by atoms with E-state index in [4.69, 9.17) is 18.9 Å². The fraction of sp³-hybridized carbons (Fsp3) is 0.273. The summed E-state index contributed by atoms with van der Waals surface area (Å²) in [6.45, 7) is 2.28. The quantitative estimate of drug-likeness (QED) is 0.670. The number of hydrogen-bond donors (Lipinski definition) is 1. The van der Waals surface area contributed by atoms with Gasteiger partial charge in [0, 0.05) is 13.1 Å². The van der Waals surface area contributed by atoms with Crippen molar-refractivity contribution in [2.75, 3.05) is 40.2 Å². The van der Waals surface area contributed by atoms with Gasteiger partial charge >= 0.3 is 0 Å². The molecule has 0 atom stereocenters. The van der Waals surface area contributed by atoms with Crippen LogP contribution >= 0.6 is 0 Å². The second-order valence-electron chi connectivity index (χ2n) is 7.02. The predicted octanol–water partition coefficient (Wildman–Crippen LogP) is 2.70. The summed E-state index contributed by atoms with van der Waals surface area (Å²) in [5.41, 5.74) is 2.90. The van der Waals surface area contributed by atoms with Gasteiger partial charge in [-0.25, -0.2) is 4.98 Å². The molecule has 1 aromatic heterocycles. The lowest BCUT2D eigenvalue weighted by Gasteiger charge is -2.27. The smallest absolute Gasteiger partial charge is 0.257 e. The van der Waals surface area contributed by atoms with Gasteiger partial charge in [0.15, 0.2) is 11.5 Å². The summed E-state index contributed by atoms with van der Waals surface area (Å²) >= 11 is 0. The molecule has 0 radical (unpaired) electrons. The monoisotopic (exact) mass is 407 g/mol.